The first kappa shape index (κ1) is 21.1. The van der Waals surface area contributed by atoms with E-state index < -0.39 is 19.7 Å². The molecule has 0 aliphatic heterocycles. The smallest absolute Gasteiger partial charge is 0.192 e. The summed E-state index contributed by atoms with van der Waals surface area (Å²) in [6.07, 6.45) is 1.86. The van der Waals surface area contributed by atoms with E-state index in [1.54, 1.807) is 11.3 Å². The molecule has 0 radical (unpaired) electrons. The molecule has 0 fully saturated rings. The molecule has 0 aromatic carbocycles. The summed E-state index contributed by atoms with van der Waals surface area (Å²) in [7, 11) is -1.85. The van der Waals surface area contributed by atoms with E-state index >= 15 is 0 Å². The van der Waals surface area contributed by atoms with Crippen LogP contribution in [0, 0.1) is 6.92 Å². The third kappa shape index (κ3) is 6.14. The average molecular weight is 377 g/mol. The van der Waals surface area contributed by atoms with E-state index in [2.05, 4.69) is 43.6 Å². The van der Waals surface area contributed by atoms with Crippen molar-refractivity contribution in [1.29, 1.82) is 0 Å². The number of aromatic nitrogens is 1. The number of rotatable bonds is 6. The van der Waals surface area contributed by atoms with Crippen molar-refractivity contribution in [2.75, 3.05) is 6.61 Å². The maximum atomic E-state index is 12.5. The van der Waals surface area contributed by atoms with E-state index in [0.717, 1.165) is 9.88 Å². The average Bonchev–Trinajstić information content (AvgIpc) is 2.78. The Kier molecular flexibility index (Phi) is 6.92. The Labute approximate surface area is 149 Å². The molecule has 0 amide bonds. The maximum Gasteiger partial charge on any atom is 0.192 e. The highest BCUT2D eigenvalue weighted by Gasteiger charge is 2.39. The van der Waals surface area contributed by atoms with Crippen LogP contribution in [0.4, 0.5) is 0 Å². The van der Waals surface area contributed by atoms with E-state index in [0.29, 0.717) is 6.61 Å². The van der Waals surface area contributed by atoms with Gasteiger partial charge in [-0.05, 0) is 45.8 Å². The molecular weight excluding hydrogens is 344 g/mol. The standard InChI is InChI=1S/C16H32N2O2S2Si/c1-12-10-17-14(21-12)13(18-22(19)15(2,3)4)11-20-23(8,9)16(5,6)7/h10,13,18H,11H2,1-9H3/t13-,22?/m1/s1. The molecule has 1 aromatic rings. The van der Waals surface area contributed by atoms with E-state index in [4.69, 9.17) is 4.43 Å². The molecule has 0 spiro atoms. The van der Waals surface area contributed by atoms with Gasteiger partial charge in [-0.25, -0.2) is 4.98 Å². The third-order valence-corrected chi connectivity index (χ3v) is 11.3. The van der Waals surface area contributed by atoms with Crippen molar-refractivity contribution in [2.45, 2.75) is 77.4 Å². The van der Waals surface area contributed by atoms with Crippen molar-refractivity contribution in [1.82, 2.24) is 9.71 Å². The quantitative estimate of drug-likeness (QED) is 0.584. The third-order valence-electron chi connectivity index (χ3n) is 4.16. The minimum Gasteiger partial charge on any atom is -0.598 e. The van der Waals surface area contributed by atoms with Gasteiger partial charge in [0.25, 0.3) is 0 Å². The lowest BCUT2D eigenvalue weighted by Crippen LogP contribution is -2.46. The van der Waals surface area contributed by atoms with Gasteiger partial charge >= 0.3 is 0 Å². The zero-order valence-electron chi connectivity index (χ0n) is 15.9. The Morgan fingerprint density at radius 3 is 2.26 bits per heavy atom. The number of hydrogen-bond acceptors (Lipinski definition) is 5. The zero-order valence-corrected chi connectivity index (χ0v) is 18.6. The largest absolute Gasteiger partial charge is 0.598 e. The molecule has 7 heteroatoms. The van der Waals surface area contributed by atoms with Gasteiger partial charge in [-0.3, -0.25) is 0 Å². The molecular formula is C16H32N2O2S2Si. The summed E-state index contributed by atoms with van der Waals surface area (Å²) < 4.78 is 21.8. The molecule has 0 saturated carbocycles. The molecule has 23 heavy (non-hydrogen) atoms. The Bertz CT molecular complexity index is 507. The summed E-state index contributed by atoms with van der Waals surface area (Å²) in [6.45, 7) is 19.6. The molecule has 1 aromatic heterocycles. The van der Waals surface area contributed by atoms with Crippen molar-refractivity contribution >= 4 is 31.0 Å². The molecule has 0 aliphatic carbocycles. The molecule has 1 N–H and O–H groups in total. The highest BCUT2D eigenvalue weighted by molar-refractivity contribution is 7.90. The van der Waals surface area contributed by atoms with Gasteiger partial charge in [0, 0.05) is 22.4 Å². The summed E-state index contributed by atoms with van der Waals surface area (Å²) in [4.78, 5) is 5.62. The first-order valence-electron chi connectivity index (χ1n) is 7.98. The van der Waals surface area contributed by atoms with Crippen molar-refractivity contribution in [2.24, 2.45) is 0 Å². The minimum absolute atomic E-state index is 0.136. The Balaban J connectivity index is 2.89. The fourth-order valence-electron chi connectivity index (χ4n) is 1.50. The number of hydrogen-bond donors (Lipinski definition) is 1. The van der Waals surface area contributed by atoms with Crippen molar-refractivity contribution in [3.8, 4) is 0 Å². The zero-order chi connectivity index (χ0) is 18.1. The van der Waals surface area contributed by atoms with Gasteiger partial charge in [0.15, 0.2) is 8.32 Å². The fraction of sp³-hybridized carbons (Fsp3) is 0.812. The van der Waals surface area contributed by atoms with Crippen molar-refractivity contribution in [3.05, 3.63) is 16.1 Å². The molecule has 0 saturated heterocycles. The van der Waals surface area contributed by atoms with Crippen LogP contribution in [0.15, 0.2) is 6.20 Å². The van der Waals surface area contributed by atoms with Crippen molar-refractivity contribution in [3.63, 3.8) is 0 Å². The molecule has 0 aliphatic rings. The summed E-state index contributed by atoms with van der Waals surface area (Å²) in [6, 6.07) is -0.136. The van der Waals surface area contributed by atoms with Gasteiger partial charge in [-0.15, -0.1) is 16.1 Å². The SMILES string of the molecule is Cc1cnc([C@@H](CO[Si](C)(C)C(C)(C)C)N[S+]([O-])C(C)(C)C)s1. The molecule has 0 bridgehead atoms. The van der Waals surface area contributed by atoms with Crippen LogP contribution in [-0.2, 0) is 15.8 Å². The number of nitrogens with zero attached hydrogens (tertiary/aromatic N) is 1. The Morgan fingerprint density at radius 1 is 1.30 bits per heavy atom. The van der Waals surface area contributed by atoms with Crippen LogP contribution in [0.5, 0.6) is 0 Å². The number of thiazole rings is 1. The monoisotopic (exact) mass is 376 g/mol. The van der Waals surface area contributed by atoms with Crippen LogP contribution in [0.25, 0.3) is 0 Å². The van der Waals surface area contributed by atoms with Crippen LogP contribution in [0.3, 0.4) is 0 Å². The predicted octanol–water partition coefficient (Wildman–Crippen LogP) is 4.57. The van der Waals surface area contributed by atoms with Gasteiger partial charge in [-0.2, -0.15) is 0 Å². The summed E-state index contributed by atoms with van der Waals surface area (Å²) >= 11 is 0.478. The summed E-state index contributed by atoms with van der Waals surface area (Å²) in [5, 5.41) is 1.10. The number of aryl methyl sites for hydroxylation is 1. The van der Waals surface area contributed by atoms with Gasteiger partial charge < -0.3 is 8.98 Å². The van der Waals surface area contributed by atoms with E-state index in [1.807, 2.05) is 33.9 Å². The molecule has 2 atom stereocenters. The minimum atomic E-state index is -1.85. The molecule has 1 rings (SSSR count). The van der Waals surface area contributed by atoms with Crippen LogP contribution >= 0.6 is 11.3 Å². The van der Waals surface area contributed by atoms with Gasteiger partial charge in [0.05, 0.1) is 6.61 Å². The topological polar surface area (TPSA) is 57.2 Å². The lowest BCUT2D eigenvalue weighted by Gasteiger charge is -2.37. The van der Waals surface area contributed by atoms with Crippen molar-refractivity contribution < 1.29 is 8.98 Å². The molecule has 1 heterocycles. The second-order valence-electron chi connectivity index (χ2n) is 8.43. The lowest BCUT2D eigenvalue weighted by atomic mass is 10.2. The lowest BCUT2D eigenvalue weighted by molar-refractivity contribution is 0.256. The highest BCUT2D eigenvalue weighted by Crippen LogP contribution is 2.37. The van der Waals surface area contributed by atoms with Gasteiger partial charge in [0.2, 0.25) is 0 Å². The second kappa shape index (κ2) is 7.54. The van der Waals surface area contributed by atoms with E-state index in [-0.39, 0.29) is 15.8 Å². The number of nitrogens with one attached hydrogen (secondary N) is 1. The van der Waals surface area contributed by atoms with Crippen LogP contribution in [0.1, 0.15) is 57.5 Å². The van der Waals surface area contributed by atoms with Crippen LogP contribution in [0.2, 0.25) is 18.1 Å². The van der Waals surface area contributed by atoms with Gasteiger partial charge in [-0.1, -0.05) is 20.8 Å². The van der Waals surface area contributed by atoms with E-state index in [1.165, 1.54) is 0 Å². The first-order valence-corrected chi connectivity index (χ1v) is 12.9. The van der Waals surface area contributed by atoms with Crippen LogP contribution < -0.4 is 4.72 Å². The normalized spacial score (nSPS) is 16.4. The predicted molar refractivity (Wildman–Crippen MR) is 104 cm³/mol. The van der Waals surface area contributed by atoms with E-state index in [9.17, 15) is 4.55 Å². The second-order valence-corrected chi connectivity index (χ2v) is 16.5. The fourth-order valence-corrected chi connectivity index (χ4v) is 4.20. The first-order chi connectivity index (χ1) is 10.2. The highest BCUT2D eigenvalue weighted by atomic mass is 32.2. The maximum absolute atomic E-state index is 12.5. The Morgan fingerprint density at radius 2 is 1.87 bits per heavy atom. The summed E-state index contributed by atoms with van der Waals surface area (Å²) in [5.74, 6) is 0. The van der Waals surface area contributed by atoms with Crippen LogP contribution in [-0.4, -0.2) is 29.2 Å². The summed E-state index contributed by atoms with van der Waals surface area (Å²) in [5.41, 5.74) is 0. The molecule has 134 valence electrons. The van der Waals surface area contributed by atoms with Gasteiger partial charge in [0.1, 0.15) is 15.8 Å². The molecule has 4 nitrogen and oxygen atoms in total. The molecule has 1 unspecified atom stereocenters. The Hall–Kier alpha value is 0.0769.